The van der Waals surface area contributed by atoms with Gasteiger partial charge in [0.25, 0.3) is 0 Å². The minimum absolute atomic E-state index is 0.00528. The van der Waals surface area contributed by atoms with Crippen LogP contribution < -0.4 is 0 Å². The second-order valence-electron chi connectivity index (χ2n) is 4.21. The molecule has 4 heteroatoms. The number of rotatable bonds is 1. The highest BCUT2D eigenvalue weighted by atomic mass is 79.9. The number of carbonyl (C=O) groups is 1. The number of hydrogen-bond acceptors (Lipinski definition) is 3. The molecule has 0 fully saturated rings. The topological polar surface area (TPSA) is 42.9 Å². The molecule has 1 aromatic rings. The van der Waals surface area contributed by atoms with E-state index < -0.39 is 5.41 Å². The number of Topliss-reactive ketones (excluding diaryl/α,β-unsaturated/α-hetero) is 1. The van der Waals surface area contributed by atoms with E-state index in [4.69, 9.17) is 0 Å². The van der Waals surface area contributed by atoms with Crippen molar-refractivity contribution in [2.45, 2.75) is 27.7 Å². The highest BCUT2D eigenvalue weighted by Gasteiger charge is 2.24. The van der Waals surface area contributed by atoms with Gasteiger partial charge in [-0.05, 0) is 22.9 Å². The van der Waals surface area contributed by atoms with E-state index in [1.807, 2.05) is 27.7 Å². The molecule has 0 aliphatic rings. The molecular weight excluding hydrogens is 244 g/mol. The van der Waals surface area contributed by atoms with Crippen LogP contribution >= 0.6 is 15.9 Å². The van der Waals surface area contributed by atoms with Gasteiger partial charge in [0.05, 0.1) is 11.9 Å². The van der Waals surface area contributed by atoms with Gasteiger partial charge in [0.1, 0.15) is 10.3 Å². The summed E-state index contributed by atoms with van der Waals surface area (Å²) in [6, 6.07) is 0. The average molecular weight is 257 g/mol. The van der Waals surface area contributed by atoms with Gasteiger partial charge in [-0.15, -0.1) is 0 Å². The van der Waals surface area contributed by atoms with E-state index in [1.54, 1.807) is 0 Å². The summed E-state index contributed by atoms with van der Waals surface area (Å²) in [4.78, 5) is 20.0. The van der Waals surface area contributed by atoms with Crippen molar-refractivity contribution in [1.29, 1.82) is 0 Å². The minimum atomic E-state index is -0.413. The van der Waals surface area contributed by atoms with E-state index in [2.05, 4.69) is 25.9 Å². The van der Waals surface area contributed by atoms with E-state index in [0.717, 1.165) is 5.69 Å². The molecule has 0 saturated heterocycles. The third kappa shape index (κ3) is 2.38. The Labute approximate surface area is 92.1 Å². The molecule has 3 nitrogen and oxygen atoms in total. The fourth-order valence-corrected chi connectivity index (χ4v) is 1.21. The lowest BCUT2D eigenvalue weighted by Crippen LogP contribution is -2.21. The molecular formula is C10H13BrN2O. The third-order valence-corrected chi connectivity index (χ3v) is 2.56. The summed E-state index contributed by atoms with van der Waals surface area (Å²) in [6.45, 7) is 7.43. The summed E-state index contributed by atoms with van der Waals surface area (Å²) >= 11 is 3.26. The molecule has 1 aromatic heterocycles. The Morgan fingerprint density at radius 1 is 1.43 bits per heavy atom. The number of carbonyl (C=O) groups excluding carboxylic acids is 1. The van der Waals surface area contributed by atoms with Crippen LogP contribution in [0.1, 0.15) is 37.0 Å². The Morgan fingerprint density at radius 2 is 2.00 bits per heavy atom. The fourth-order valence-electron chi connectivity index (χ4n) is 0.920. The lowest BCUT2D eigenvalue weighted by Gasteiger charge is -2.15. The quantitative estimate of drug-likeness (QED) is 0.726. The van der Waals surface area contributed by atoms with Crippen LogP contribution in [0.15, 0.2) is 10.8 Å². The van der Waals surface area contributed by atoms with E-state index in [-0.39, 0.29) is 5.78 Å². The Morgan fingerprint density at radius 3 is 2.43 bits per heavy atom. The normalized spacial score (nSPS) is 11.5. The number of aromatic nitrogens is 2. The van der Waals surface area contributed by atoms with E-state index in [9.17, 15) is 4.79 Å². The van der Waals surface area contributed by atoms with Gasteiger partial charge in [0.2, 0.25) is 0 Å². The van der Waals surface area contributed by atoms with Crippen molar-refractivity contribution in [3.8, 4) is 0 Å². The lowest BCUT2D eigenvalue weighted by atomic mass is 9.89. The second-order valence-corrected chi connectivity index (χ2v) is 4.96. The van der Waals surface area contributed by atoms with Crippen molar-refractivity contribution in [3.63, 3.8) is 0 Å². The smallest absolute Gasteiger partial charge is 0.188 e. The molecule has 0 aliphatic heterocycles. The Hall–Kier alpha value is -0.770. The van der Waals surface area contributed by atoms with Crippen LogP contribution in [0.2, 0.25) is 0 Å². The van der Waals surface area contributed by atoms with Crippen LogP contribution in [0.25, 0.3) is 0 Å². The van der Waals surface area contributed by atoms with Crippen molar-refractivity contribution in [2.24, 2.45) is 5.41 Å². The summed E-state index contributed by atoms with van der Waals surface area (Å²) in [5.74, 6) is 0.00528. The van der Waals surface area contributed by atoms with Crippen molar-refractivity contribution in [3.05, 3.63) is 22.2 Å². The largest absolute Gasteiger partial charge is 0.292 e. The van der Waals surface area contributed by atoms with Gasteiger partial charge < -0.3 is 0 Å². The van der Waals surface area contributed by atoms with Gasteiger partial charge >= 0.3 is 0 Å². The first-order chi connectivity index (χ1) is 6.32. The molecule has 0 spiro atoms. The van der Waals surface area contributed by atoms with Gasteiger partial charge in [-0.3, -0.25) is 9.78 Å². The SMILES string of the molecule is Cc1ncc(C(=O)C(C)(C)C)nc1Br. The van der Waals surface area contributed by atoms with Gasteiger partial charge in [0, 0.05) is 5.41 Å². The van der Waals surface area contributed by atoms with Crippen LogP contribution in [-0.2, 0) is 0 Å². The standard InChI is InChI=1S/C10H13BrN2O/c1-6-9(11)13-7(5-12-6)8(14)10(2,3)4/h5H,1-4H3. The zero-order valence-electron chi connectivity index (χ0n) is 8.76. The minimum Gasteiger partial charge on any atom is -0.292 e. The van der Waals surface area contributed by atoms with Gasteiger partial charge in [-0.2, -0.15) is 0 Å². The molecule has 0 aromatic carbocycles. The maximum Gasteiger partial charge on any atom is 0.188 e. The molecule has 0 N–H and O–H groups in total. The molecule has 0 unspecified atom stereocenters. The summed E-state index contributed by atoms with van der Waals surface area (Å²) in [5.41, 5.74) is 0.786. The Kier molecular flexibility index (Phi) is 3.04. The van der Waals surface area contributed by atoms with Crippen molar-refractivity contribution >= 4 is 21.7 Å². The maximum atomic E-state index is 11.8. The number of nitrogens with zero attached hydrogens (tertiary/aromatic N) is 2. The summed E-state index contributed by atoms with van der Waals surface area (Å²) in [5, 5.41) is 0. The van der Waals surface area contributed by atoms with Crippen LogP contribution in [0, 0.1) is 12.3 Å². The molecule has 0 amide bonds. The zero-order valence-corrected chi connectivity index (χ0v) is 10.3. The van der Waals surface area contributed by atoms with Crippen LogP contribution in [0.5, 0.6) is 0 Å². The molecule has 1 rings (SSSR count). The predicted molar refractivity (Wildman–Crippen MR) is 58.3 cm³/mol. The molecule has 0 bridgehead atoms. The first-order valence-corrected chi connectivity index (χ1v) is 5.15. The molecule has 1 heterocycles. The Bertz CT molecular complexity index is 369. The first kappa shape index (κ1) is 11.3. The fraction of sp³-hybridized carbons (Fsp3) is 0.500. The van der Waals surface area contributed by atoms with Crippen molar-refractivity contribution in [1.82, 2.24) is 9.97 Å². The molecule has 0 saturated carbocycles. The molecule has 76 valence electrons. The van der Waals surface area contributed by atoms with Crippen LogP contribution in [0.4, 0.5) is 0 Å². The van der Waals surface area contributed by atoms with Gasteiger partial charge in [-0.1, -0.05) is 20.8 Å². The van der Waals surface area contributed by atoms with Crippen LogP contribution in [-0.4, -0.2) is 15.8 Å². The third-order valence-electron chi connectivity index (χ3n) is 1.81. The molecule has 0 radical (unpaired) electrons. The maximum absolute atomic E-state index is 11.8. The number of halogens is 1. The summed E-state index contributed by atoms with van der Waals surface area (Å²) in [7, 11) is 0. The average Bonchev–Trinajstić information content (AvgIpc) is 2.07. The number of ketones is 1. The van der Waals surface area contributed by atoms with Crippen LogP contribution in [0.3, 0.4) is 0 Å². The lowest BCUT2D eigenvalue weighted by molar-refractivity contribution is 0.0852. The highest BCUT2D eigenvalue weighted by molar-refractivity contribution is 9.10. The summed E-state index contributed by atoms with van der Waals surface area (Å²) < 4.78 is 0.632. The van der Waals surface area contributed by atoms with Crippen molar-refractivity contribution in [2.75, 3.05) is 0 Å². The highest BCUT2D eigenvalue weighted by Crippen LogP contribution is 2.20. The monoisotopic (exact) mass is 256 g/mol. The molecule has 0 atom stereocenters. The second kappa shape index (κ2) is 3.77. The van der Waals surface area contributed by atoms with Gasteiger partial charge in [0.15, 0.2) is 5.78 Å². The molecule has 14 heavy (non-hydrogen) atoms. The first-order valence-electron chi connectivity index (χ1n) is 4.36. The zero-order chi connectivity index (χ0) is 10.9. The predicted octanol–water partition coefficient (Wildman–Crippen LogP) is 2.78. The van der Waals surface area contributed by atoms with E-state index in [1.165, 1.54) is 6.20 Å². The van der Waals surface area contributed by atoms with Crippen molar-refractivity contribution < 1.29 is 4.79 Å². The van der Waals surface area contributed by atoms with E-state index >= 15 is 0 Å². The molecule has 0 aliphatic carbocycles. The Balaban J connectivity index is 3.10. The summed E-state index contributed by atoms with van der Waals surface area (Å²) in [6.07, 6.45) is 1.52. The van der Waals surface area contributed by atoms with E-state index in [0.29, 0.717) is 10.3 Å². The van der Waals surface area contributed by atoms with Gasteiger partial charge in [-0.25, -0.2) is 4.98 Å². The number of hydrogen-bond donors (Lipinski definition) is 0. The number of aryl methyl sites for hydroxylation is 1.